The van der Waals surface area contributed by atoms with Gasteiger partial charge in [-0.15, -0.1) is 0 Å². The Labute approximate surface area is 96.1 Å². The minimum Gasteiger partial charge on any atom is -0.391 e. The number of piperidine rings is 3. The lowest BCUT2D eigenvalue weighted by Gasteiger charge is -2.49. The Morgan fingerprint density at radius 2 is 1.94 bits per heavy atom. The fraction of sp³-hybridized carbons (Fsp3) is 0.615. The smallest absolute Gasteiger partial charge is 0.0727 e. The van der Waals surface area contributed by atoms with E-state index in [-0.39, 0.29) is 6.10 Å². The molecule has 0 aliphatic carbocycles. The molecular weight excluding hydrogens is 200 g/mol. The molecular formula is C13H18N2O. The second-order valence-corrected chi connectivity index (χ2v) is 4.99. The summed E-state index contributed by atoms with van der Waals surface area (Å²) in [7, 11) is 0. The lowest BCUT2D eigenvalue weighted by molar-refractivity contribution is -0.0715. The van der Waals surface area contributed by atoms with Gasteiger partial charge in [0.25, 0.3) is 0 Å². The summed E-state index contributed by atoms with van der Waals surface area (Å²) in [5, 5.41) is 10.3. The summed E-state index contributed by atoms with van der Waals surface area (Å²) in [6, 6.07) is 4.43. The molecule has 0 saturated carbocycles. The molecule has 0 amide bonds. The zero-order chi connectivity index (χ0) is 11.0. The third-order valence-electron chi connectivity index (χ3n) is 4.11. The highest BCUT2D eigenvalue weighted by Gasteiger charge is 2.40. The van der Waals surface area contributed by atoms with Crippen molar-refractivity contribution in [1.29, 1.82) is 0 Å². The molecule has 16 heavy (non-hydrogen) atoms. The van der Waals surface area contributed by atoms with Crippen LogP contribution < -0.4 is 0 Å². The minimum atomic E-state index is -0.129. The van der Waals surface area contributed by atoms with Gasteiger partial charge >= 0.3 is 0 Å². The summed E-state index contributed by atoms with van der Waals surface area (Å²) < 4.78 is 0. The van der Waals surface area contributed by atoms with E-state index in [0.29, 0.717) is 12.0 Å². The summed E-state index contributed by atoms with van der Waals surface area (Å²) in [5.41, 5.74) is 1.28. The van der Waals surface area contributed by atoms with Crippen LogP contribution in [-0.4, -0.2) is 40.2 Å². The second-order valence-electron chi connectivity index (χ2n) is 4.99. The van der Waals surface area contributed by atoms with Gasteiger partial charge in [0.15, 0.2) is 0 Å². The molecule has 3 heteroatoms. The SMILES string of the molecule is OC1C2CCN(CC2)C1Cc1ccncc1. The Hall–Kier alpha value is -0.930. The number of aliphatic hydroxyl groups excluding tert-OH is 1. The van der Waals surface area contributed by atoms with E-state index in [1.54, 1.807) is 0 Å². The molecule has 4 rings (SSSR count). The van der Waals surface area contributed by atoms with Gasteiger partial charge in [-0.3, -0.25) is 9.88 Å². The molecule has 1 aromatic heterocycles. The molecule has 1 aromatic rings. The van der Waals surface area contributed by atoms with Gasteiger partial charge in [-0.2, -0.15) is 0 Å². The zero-order valence-corrected chi connectivity index (χ0v) is 9.42. The van der Waals surface area contributed by atoms with Gasteiger partial charge in [-0.1, -0.05) is 0 Å². The fourth-order valence-electron chi connectivity index (χ4n) is 3.13. The normalized spacial score (nSPS) is 37.6. The van der Waals surface area contributed by atoms with Crippen molar-refractivity contribution in [2.75, 3.05) is 13.1 Å². The molecule has 0 radical (unpaired) electrons. The van der Waals surface area contributed by atoms with Gasteiger partial charge in [-0.25, -0.2) is 0 Å². The summed E-state index contributed by atoms with van der Waals surface area (Å²) in [4.78, 5) is 6.48. The molecule has 0 aromatic carbocycles. The fourth-order valence-corrected chi connectivity index (χ4v) is 3.13. The molecule has 2 bridgehead atoms. The highest BCUT2D eigenvalue weighted by Crippen LogP contribution is 2.33. The van der Waals surface area contributed by atoms with E-state index in [4.69, 9.17) is 0 Å². The van der Waals surface area contributed by atoms with Crippen LogP contribution in [0.4, 0.5) is 0 Å². The number of hydrogen-bond donors (Lipinski definition) is 1. The van der Waals surface area contributed by atoms with Crippen LogP contribution >= 0.6 is 0 Å². The van der Waals surface area contributed by atoms with Crippen LogP contribution in [0.15, 0.2) is 24.5 Å². The van der Waals surface area contributed by atoms with E-state index in [0.717, 1.165) is 19.5 Å². The van der Waals surface area contributed by atoms with Crippen LogP contribution in [0.1, 0.15) is 18.4 Å². The molecule has 86 valence electrons. The van der Waals surface area contributed by atoms with E-state index in [1.165, 1.54) is 18.4 Å². The van der Waals surface area contributed by atoms with Crippen molar-refractivity contribution in [3.63, 3.8) is 0 Å². The van der Waals surface area contributed by atoms with Gasteiger partial charge in [0.2, 0.25) is 0 Å². The van der Waals surface area contributed by atoms with Crippen molar-refractivity contribution in [2.45, 2.75) is 31.4 Å². The molecule has 3 aliphatic heterocycles. The first kappa shape index (κ1) is 10.2. The molecule has 3 aliphatic rings. The standard InChI is InChI=1S/C13H18N2O/c16-13-11-3-7-15(8-4-11)12(13)9-10-1-5-14-6-2-10/h1-2,5-6,11-13,16H,3-4,7-9H2. The molecule has 3 saturated heterocycles. The van der Waals surface area contributed by atoms with Gasteiger partial charge in [0.05, 0.1) is 6.10 Å². The van der Waals surface area contributed by atoms with Crippen LogP contribution in [0, 0.1) is 5.92 Å². The third kappa shape index (κ3) is 1.74. The second kappa shape index (κ2) is 4.15. The topological polar surface area (TPSA) is 36.4 Å². The molecule has 3 nitrogen and oxygen atoms in total. The Morgan fingerprint density at radius 3 is 2.56 bits per heavy atom. The number of nitrogens with zero attached hydrogens (tertiary/aromatic N) is 2. The molecule has 3 fully saturated rings. The van der Waals surface area contributed by atoms with Crippen LogP contribution in [0.25, 0.3) is 0 Å². The number of pyridine rings is 1. The van der Waals surface area contributed by atoms with Crippen molar-refractivity contribution < 1.29 is 5.11 Å². The maximum atomic E-state index is 10.3. The van der Waals surface area contributed by atoms with Gasteiger partial charge < -0.3 is 5.11 Å². The van der Waals surface area contributed by atoms with E-state index in [1.807, 2.05) is 12.4 Å². The van der Waals surface area contributed by atoms with Crippen LogP contribution in [0.3, 0.4) is 0 Å². The number of hydrogen-bond acceptors (Lipinski definition) is 3. The van der Waals surface area contributed by atoms with Crippen molar-refractivity contribution in [1.82, 2.24) is 9.88 Å². The summed E-state index contributed by atoms with van der Waals surface area (Å²) >= 11 is 0. The summed E-state index contributed by atoms with van der Waals surface area (Å²) in [6.07, 6.45) is 6.84. The Bertz CT molecular complexity index is 344. The lowest BCUT2D eigenvalue weighted by atomic mass is 9.79. The monoisotopic (exact) mass is 218 g/mol. The molecule has 1 N–H and O–H groups in total. The predicted octanol–water partition coefficient (Wildman–Crippen LogP) is 1.08. The van der Waals surface area contributed by atoms with Crippen LogP contribution in [0.5, 0.6) is 0 Å². The molecule has 2 unspecified atom stereocenters. The van der Waals surface area contributed by atoms with Gasteiger partial charge in [0, 0.05) is 18.4 Å². The Kier molecular flexibility index (Phi) is 2.65. The van der Waals surface area contributed by atoms with E-state index < -0.39 is 0 Å². The van der Waals surface area contributed by atoms with Gasteiger partial charge in [0.1, 0.15) is 0 Å². The molecule has 2 atom stereocenters. The Morgan fingerprint density at radius 1 is 1.25 bits per heavy atom. The average Bonchev–Trinajstić information content (AvgIpc) is 2.36. The van der Waals surface area contributed by atoms with Crippen molar-refractivity contribution in [3.8, 4) is 0 Å². The first-order valence-electron chi connectivity index (χ1n) is 6.15. The maximum Gasteiger partial charge on any atom is 0.0727 e. The Balaban J connectivity index is 1.75. The van der Waals surface area contributed by atoms with Crippen LogP contribution in [0.2, 0.25) is 0 Å². The number of aliphatic hydroxyl groups is 1. The van der Waals surface area contributed by atoms with Gasteiger partial charge in [-0.05, 0) is 56.0 Å². The highest BCUT2D eigenvalue weighted by atomic mass is 16.3. The quantitative estimate of drug-likeness (QED) is 0.807. The highest BCUT2D eigenvalue weighted by molar-refractivity contribution is 5.13. The lowest BCUT2D eigenvalue weighted by Crippen LogP contribution is -2.58. The number of rotatable bonds is 2. The minimum absolute atomic E-state index is 0.129. The number of aromatic nitrogens is 1. The van der Waals surface area contributed by atoms with Crippen molar-refractivity contribution in [3.05, 3.63) is 30.1 Å². The first-order chi connectivity index (χ1) is 7.84. The summed E-state index contributed by atoms with van der Waals surface area (Å²) in [6.45, 7) is 2.33. The van der Waals surface area contributed by atoms with Crippen molar-refractivity contribution in [2.24, 2.45) is 5.92 Å². The average molecular weight is 218 g/mol. The van der Waals surface area contributed by atoms with E-state index in [2.05, 4.69) is 22.0 Å². The maximum absolute atomic E-state index is 10.3. The van der Waals surface area contributed by atoms with Crippen molar-refractivity contribution >= 4 is 0 Å². The third-order valence-corrected chi connectivity index (χ3v) is 4.11. The van der Waals surface area contributed by atoms with E-state index in [9.17, 15) is 5.11 Å². The summed E-state index contributed by atoms with van der Waals surface area (Å²) in [5.74, 6) is 0.539. The van der Waals surface area contributed by atoms with E-state index >= 15 is 0 Å². The largest absolute Gasteiger partial charge is 0.391 e. The van der Waals surface area contributed by atoms with Crippen LogP contribution in [-0.2, 0) is 6.42 Å². The molecule has 0 spiro atoms. The predicted molar refractivity (Wildman–Crippen MR) is 62.0 cm³/mol. The molecule has 4 heterocycles. The number of fused-ring (bicyclic) bond motifs is 3. The zero-order valence-electron chi connectivity index (χ0n) is 9.42. The first-order valence-corrected chi connectivity index (χ1v) is 6.15.